The maximum atomic E-state index is 12.8. The number of imide groups is 1. The van der Waals surface area contributed by atoms with Crippen LogP contribution in [0.15, 0.2) is 28.9 Å². The second kappa shape index (κ2) is 6.16. The van der Waals surface area contributed by atoms with Gasteiger partial charge in [0, 0.05) is 23.5 Å². The summed E-state index contributed by atoms with van der Waals surface area (Å²) in [6.45, 7) is 4.73. The molecule has 2 aromatic heterocycles. The Morgan fingerprint density at radius 3 is 2.81 bits per heavy atom. The van der Waals surface area contributed by atoms with E-state index in [-0.39, 0.29) is 30.3 Å². The lowest BCUT2D eigenvalue weighted by Crippen LogP contribution is -2.37. The highest BCUT2D eigenvalue weighted by molar-refractivity contribution is 6.09. The molecule has 0 aliphatic carbocycles. The molecule has 0 radical (unpaired) electrons. The Labute approximate surface area is 151 Å². The van der Waals surface area contributed by atoms with Crippen molar-refractivity contribution in [3.05, 3.63) is 47.2 Å². The van der Waals surface area contributed by atoms with Crippen LogP contribution in [-0.2, 0) is 11.3 Å². The van der Waals surface area contributed by atoms with E-state index in [1.54, 1.807) is 11.2 Å². The van der Waals surface area contributed by atoms with Gasteiger partial charge >= 0.3 is 6.03 Å². The van der Waals surface area contributed by atoms with E-state index in [2.05, 4.69) is 0 Å². The molecular formula is C19H21N3O4. The molecule has 0 N–H and O–H groups in total. The van der Waals surface area contributed by atoms with Gasteiger partial charge < -0.3 is 13.9 Å². The highest BCUT2D eigenvalue weighted by Gasteiger charge is 2.47. The third kappa shape index (κ3) is 2.55. The molecule has 26 heavy (non-hydrogen) atoms. The van der Waals surface area contributed by atoms with E-state index >= 15 is 0 Å². The van der Waals surface area contributed by atoms with E-state index in [4.69, 9.17) is 4.42 Å². The van der Waals surface area contributed by atoms with Crippen molar-refractivity contribution in [2.24, 2.45) is 0 Å². The maximum Gasteiger partial charge on any atom is 0.327 e. The van der Waals surface area contributed by atoms with Gasteiger partial charge in [-0.2, -0.15) is 0 Å². The Morgan fingerprint density at radius 1 is 1.31 bits per heavy atom. The average molecular weight is 355 g/mol. The Kier molecular flexibility index (Phi) is 3.94. The molecule has 2 fully saturated rings. The number of Topliss-reactive ketones (excluding diaryl/α,β-unsaturated/α-hetero) is 1. The van der Waals surface area contributed by atoms with Crippen molar-refractivity contribution in [3.63, 3.8) is 0 Å². The van der Waals surface area contributed by atoms with Crippen LogP contribution in [0.3, 0.4) is 0 Å². The standard InChI is InChI=1S/C19H21N3O4/c1-12-9-15(13(2)21(12)10-14-5-4-8-26-14)17(23)11-22-18(24)16-6-3-7-20(16)19(22)25/h4-5,8-9,16H,3,6-7,10-11H2,1-2H3/t16-/m1/s1. The fourth-order valence-electron chi connectivity index (χ4n) is 3.94. The highest BCUT2D eigenvalue weighted by Crippen LogP contribution is 2.28. The number of furan rings is 1. The summed E-state index contributed by atoms with van der Waals surface area (Å²) in [6.07, 6.45) is 3.15. The predicted octanol–water partition coefficient (Wildman–Crippen LogP) is 2.36. The molecule has 0 aromatic carbocycles. The molecular weight excluding hydrogens is 334 g/mol. The van der Waals surface area contributed by atoms with E-state index in [1.165, 1.54) is 0 Å². The monoisotopic (exact) mass is 355 g/mol. The first kappa shape index (κ1) is 16.6. The van der Waals surface area contributed by atoms with Gasteiger partial charge in [0.1, 0.15) is 11.8 Å². The molecule has 0 bridgehead atoms. The van der Waals surface area contributed by atoms with Gasteiger partial charge in [-0.25, -0.2) is 4.79 Å². The molecule has 136 valence electrons. The normalized spacial score (nSPS) is 19.5. The van der Waals surface area contributed by atoms with Crippen LogP contribution in [0.4, 0.5) is 4.79 Å². The van der Waals surface area contributed by atoms with Crippen molar-refractivity contribution in [1.82, 2.24) is 14.4 Å². The number of urea groups is 1. The van der Waals surface area contributed by atoms with Crippen LogP contribution in [0.25, 0.3) is 0 Å². The molecule has 1 atom stereocenters. The molecule has 0 unspecified atom stereocenters. The molecule has 2 aliphatic heterocycles. The molecule has 7 nitrogen and oxygen atoms in total. The maximum absolute atomic E-state index is 12.8. The van der Waals surface area contributed by atoms with Crippen molar-refractivity contribution in [2.45, 2.75) is 39.3 Å². The van der Waals surface area contributed by atoms with Crippen molar-refractivity contribution < 1.29 is 18.8 Å². The van der Waals surface area contributed by atoms with Crippen molar-refractivity contribution in [1.29, 1.82) is 0 Å². The molecule has 2 aliphatic rings. The Hall–Kier alpha value is -2.83. The first-order valence-corrected chi connectivity index (χ1v) is 8.81. The van der Waals surface area contributed by atoms with Gasteiger partial charge in [-0.1, -0.05) is 0 Å². The zero-order valence-corrected chi connectivity index (χ0v) is 14.9. The van der Waals surface area contributed by atoms with Gasteiger partial charge in [0.25, 0.3) is 5.91 Å². The summed E-state index contributed by atoms with van der Waals surface area (Å²) in [6, 6.07) is 4.81. The molecule has 4 rings (SSSR count). The predicted molar refractivity (Wildman–Crippen MR) is 92.9 cm³/mol. The summed E-state index contributed by atoms with van der Waals surface area (Å²) in [4.78, 5) is 40.3. The largest absolute Gasteiger partial charge is 0.467 e. The summed E-state index contributed by atoms with van der Waals surface area (Å²) < 4.78 is 7.38. The Bertz CT molecular complexity index is 859. The summed E-state index contributed by atoms with van der Waals surface area (Å²) in [7, 11) is 0. The van der Waals surface area contributed by atoms with E-state index in [0.717, 1.165) is 28.5 Å². The van der Waals surface area contributed by atoms with Gasteiger partial charge in [-0.05, 0) is 44.9 Å². The van der Waals surface area contributed by atoms with Gasteiger partial charge in [0.05, 0.1) is 19.4 Å². The summed E-state index contributed by atoms with van der Waals surface area (Å²) >= 11 is 0. The van der Waals surface area contributed by atoms with Crippen LogP contribution >= 0.6 is 0 Å². The fraction of sp³-hybridized carbons (Fsp3) is 0.421. The van der Waals surface area contributed by atoms with Crippen LogP contribution in [0.5, 0.6) is 0 Å². The molecule has 0 saturated carbocycles. The molecule has 4 heterocycles. The lowest BCUT2D eigenvalue weighted by atomic mass is 10.1. The van der Waals surface area contributed by atoms with Crippen LogP contribution in [0.1, 0.15) is 40.3 Å². The number of hydrogen-bond donors (Lipinski definition) is 0. The summed E-state index contributed by atoms with van der Waals surface area (Å²) in [5.74, 6) is 0.341. The Balaban J connectivity index is 1.54. The number of aromatic nitrogens is 1. The van der Waals surface area contributed by atoms with Gasteiger partial charge in [0.15, 0.2) is 5.78 Å². The van der Waals surface area contributed by atoms with Crippen molar-refractivity contribution in [2.75, 3.05) is 13.1 Å². The van der Waals surface area contributed by atoms with E-state index in [0.29, 0.717) is 25.1 Å². The molecule has 2 aromatic rings. The number of carbonyl (C=O) groups excluding carboxylic acids is 3. The lowest BCUT2D eigenvalue weighted by molar-refractivity contribution is -0.127. The SMILES string of the molecule is Cc1cc(C(=O)CN2C(=O)[C@H]3CCCN3C2=O)c(C)n1Cc1ccco1. The lowest BCUT2D eigenvalue weighted by Gasteiger charge is -2.14. The first-order chi connectivity index (χ1) is 12.5. The van der Waals surface area contributed by atoms with Crippen molar-refractivity contribution in [3.8, 4) is 0 Å². The van der Waals surface area contributed by atoms with Gasteiger partial charge in [-0.3, -0.25) is 14.5 Å². The molecule has 0 spiro atoms. The quantitative estimate of drug-likeness (QED) is 0.609. The second-order valence-corrected chi connectivity index (χ2v) is 6.93. The zero-order chi connectivity index (χ0) is 18.4. The van der Waals surface area contributed by atoms with Crippen LogP contribution < -0.4 is 0 Å². The number of ketones is 1. The van der Waals surface area contributed by atoms with E-state index in [1.807, 2.05) is 36.6 Å². The van der Waals surface area contributed by atoms with Crippen LogP contribution in [0, 0.1) is 13.8 Å². The highest BCUT2D eigenvalue weighted by atomic mass is 16.3. The number of aryl methyl sites for hydroxylation is 1. The smallest absolute Gasteiger partial charge is 0.327 e. The van der Waals surface area contributed by atoms with Gasteiger partial charge in [-0.15, -0.1) is 0 Å². The van der Waals surface area contributed by atoms with Gasteiger partial charge in [0.2, 0.25) is 0 Å². The number of carbonyl (C=O) groups is 3. The number of rotatable bonds is 5. The molecule has 7 heteroatoms. The van der Waals surface area contributed by atoms with Crippen LogP contribution in [-0.4, -0.2) is 51.2 Å². The minimum Gasteiger partial charge on any atom is -0.467 e. The minimum absolute atomic E-state index is 0.199. The first-order valence-electron chi connectivity index (χ1n) is 8.81. The third-order valence-corrected chi connectivity index (χ3v) is 5.35. The third-order valence-electron chi connectivity index (χ3n) is 5.35. The average Bonchev–Trinajstić information content (AvgIpc) is 3.37. The summed E-state index contributed by atoms with van der Waals surface area (Å²) in [5.41, 5.74) is 2.28. The van der Waals surface area contributed by atoms with E-state index < -0.39 is 0 Å². The zero-order valence-electron chi connectivity index (χ0n) is 14.9. The Morgan fingerprint density at radius 2 is 2.12 bits per heavy atom. The molecule has 3 amide bonds. The minimum atomic E-state index is -0.373. The van der Waals surface area contributed by atoms with E-state index in [9.17, 15) is 14.4 Å². The van der Waals surface area contributed by atoms with Crippen molar-refractivity contribution >= 4 is 17.7 Å². The topological polar surface area (TPSA) is 75.8 Å². The molecule has 2 saturated heterocycles. The fourth-order valence-corrected chi connectivity index (χ4v) is 3.94. The number of hydrogen-bond acceptors (Lipinski definition) is 4. The van der Waals surface area contributed by atoms with Crippen LogP contribution in [0.2, 0.25) is 0 Å². The number of nitrogens with zero attached hydrogens (tertiary/aromatic N) is 3. The second-order valence-electron chi connectivity index (χ2n) is 6.93. The number of fused-ring (bicyclic) bond motifs is 1. The number of amides is 3. The summed E-state index contributed by atoms with van der Waals surface area (Å²) in [5, 5.41) is 0.